The Bertz CT molecular complexity index is 745. The quantitative estimate of drug-likeness (QED) is 0.920. The Morgan fingerprint density at radius 1 is 1.20 bits per heavy atom. The fraction of sp³-hybridized carbons (Fsp3) is 0.500. The molecule has 0 aliphatic carbocycles. The summed E-state index contributed by atoms with van der Waals surface area (Å²) < 4.78 is 1.72. The number of para-hydroxylation sites is 1. The first kappa shape index (κ1) is 16.1. The van der Waals surface area contributed by atoms with E-state index in [9.17, 15) is 4.79 Å². The van der Waals surface area contributed by atoms with E-state index in [-0.39, 0.29) is 6.03 Å². The van der Waals surface area contributed by atoms with Gasteiger partial charge in [-0.1, -0.05) is 23.4 Å². The number of hydrogen-bond donors (Lipinski definition) is 1. The Kier molecular flexibility index (Phi) is 4.17. The average molecular weight is 340 g/mol. The van der Waals surface area contributed by atoms with Gasteiger partial charge in [-0.2, -0.15) is 0 Å². The Morgan fingerprint density at radius 2 is 2.00 bits per heavy atom. The van der Waals surface area contributed by atoms with Crippen molar-refractivity contribution in [1.29, 1.82) is 0 Å². The number of nitrogens with zero attached hydrogens (tertiary/aromatic N) is 5. The van der Waals surface area contributed by atoms with E-state index in [0.717, 1.165) is 44.0 Å². The third-order valence-corrected chi connectivity index (χ3v) is 5.34. The van der Waals surface area contributed by atoms with E-state index in [4.69, 9.17) is 0 Å². The van der Waals surface area contributed by atoms with Gasteiger partial charge >= 0.3 is 6.03 Å². The van der Waals surface area contributed by atoms with Crippen LogP contribution >= 0.6 is 0 Å². The van der Waals surface area contributed by atoms with Crippen molar-refractivity contribution in [3.63, 3.8) is 0 Å². The number of carbonyl (C=O) groups is 1. The molecule has 4 rings (SSSR count). The molecule has 1 aromatic heterocycles. The predicted octanol–water partition coefficient (Wildman–Crippen LogP) is 1.50. The molecule has 0 radical (unpaired) electrons. The number of hydrogen-bond acceptors (Lipinski definition) is 4. The fourth-order valence-electron chi connectivity index (χ4n) is 3.96. The van der Waals surface area contributed by atoms with Gasteiger partial charge in [0.2, 0.25) is 0 Å². The van der Waals surface area contributed by atoms with Crippen molar-refractivity contribution in [2.75, 3.05) is 33.2 Å². The van der Waals surface area contributed by atoms with Gasteiger partial charge in [0.15, 0.2) is 0 Å². The first-order valence-corrected chi connectivity index (χ1v) is 8.82. The van der Waals surface area contributed by atoms with E-state index in [1.165, 1.54) is 6.42 Å². The molecule has 1 atom stereocenters. The number of urea groups is 1. The minimum Gasteiger partial charge on any atom is -0.332 e. The molecular weight excluding hydrogens is 316 g/mol. The van der Waals surface area contributed by atoms with Gasteiger partial charge in [-0.3, -0.25) is 0 Å². The summed E-state index contributed by atoms with van der Waals surface area (Å²) in [6, 6.07) is 9.83. The minimum absolute atomic E-state index is 0.000638. The summed E-state index contributed by atoms with van der Waals surface area (Å²) in [5.41, 5.74) is 2.02. The molecule has 2 saturated heterocycles. The lowest BCUT2D eigenvalue weighted by molar-refractivity contribution is 0.199. The smallest absolute Gasteiger partial charge is 0.317 e. The van der Waals surface area contributed by atoms with Crippen molar-refractivity contribution in [3.05, 3.63) is 42.2 Å². The van der Waals surface area contributed by atoms with Crippen LogP contribution in [-0.2, 0) is 6.54 Å². The zero-order valence-electron chi connectivity index (χ0n) is 14.6. The monoisotopic (exact) mass is 340 g/mol. The Labute approximate surface area is 147 Å². The SMILES string of the molecule is CN1CCC2(CCN(C(=O)NCc3cn(-c4ccccc4)nn3)C2)C1. The molecule has 25 heavy (non-hydrogen) atoms. The van der Waals surface area contributed by atoms with Crippen LogP contribution in [0.1, 0.15) is 18.5 Å². The van der Waals surface area contributed by atoms with E-state index >= 15 is 0 Å². The van der Waals surface area contributed by atoms with Crippen LogP contribution in [0.3, 0.4) is 0 Å². The number of amides is 2. The molecule has 1 unspecified atom stereocenters. The largest absolute Gasteiger partial charge is 0.332 e. The number of rotatable bonds is 3. The van der Waals surface area contributed by atoms with Gasteiger partial charge in [0.25, 0.3) is 0 Å². The molecule has 2 fully saturated rings. The summed E-state index contributed by atoms with van der Waals surface area (Å²) in [6.07, 6.45) is 4.15. The van der Waals surface area contributed by atoms with Crippen LogP contribution in [0.4, 0.5) is 4.79 Å². The maximum atomic E-state index is 12.5. The topological polar surface area (TPSA) is 66.3 Å². The molecule has 1 aromatic carbocycles. The molecule has 2 amide bonds. The Morgan fingerprint density at radius 3 is 2.76 bits per heavy atom. The maximum Gasteiger partial charge on any atom is 0.317 e. The molecule has 2 aromatic rings. The molecular formula is C18H24N6O. The van der Waals surface area contributed by atoms with Gasteiger partial charge in [-0.05, 0) is 38.6 Å². The van der Waals surface area contributed by atoms with E-state index in [1.54, 1.807) is 4.68 Å². The van der Waals surface area contributed by atoms with Crippen molar-refractivity contribution < 1.29 is 4.79 Å². The van der Waals surface area contributed by atoms with E-state index < -0.39 is 0 Å². The van der Waals surface area contributed by atoms with Crippen LogP contribution in [0.15, 0.2) is 36.5 Å². The summed E-state index contributed by atoms with van der Waals surface area (Å²) in [4.78, 5) is 16.8. The minimum atomic E-state index is 0.000638. The van der Waals surface area contributed by atoms with Gasteiger partial charge < -0.3 is 15.1 Å². The van der Waals surface area contributed by atoms with E-state index in [0.29, 0.717) is 12.0 Å². The summed E-state index contributed by atoms with van der Waals surface area (Å²) in [5.74, 6) is 0. The highest BCUT2D eigenvalue weighted by atomic mass is 16.2. The van der Waals surface area contributed by atoms with E-state index in [2.05, 4.69) is 27.6 Å². The third kappa shape index (κ3) is 3.37. The zero-order valence-corrected chi connectivity index (χ0v) is 14.6. The summed E-state index contributed by atoms with van der Waals surface area (Å²) in [7, 11) is 2.16. The van der Waals surface area contributed by atoms with Crippen LogP contribution in [0.2, 0.25) is 0 Å². The second-order valence-electron chi connectivity index (χ2n) is 7.31. The average Bonchev–Trinajstić information content (AvgIpc) is 3.35. The van der Waals surface area contributed by atoms with Crippen molar-refractivity contribution >= 4 is 6.03 Å². The van der Waals surface area contributed by atoms with Crippen LogP contribution < -0.4 is 5.32 Å². The van der Waals surface area contributed by atoms with Gasteiger partial charge in [0.05, 0.1) is 18.4 Å². The number of aromatic nitrogens is 3. The molecule has 2 aliphatic rings. The van der Waals surface area contributed by atoms with Gasteiger partial charge in [-0.15, -0.1) is 5.10 Å². The lowest BCUT2D eigenvalue weighted by Crippen LogP contribution is -2.40. The van der Waals surface area contributed by atoms with Crippen molar-refractivity contribution in [2.24, 2.45) is 5.41 Å². The summed E-state index contributed by atoms with van der Waals surface area (Å²) in [6.45, 7) is 4.34. The molecule has 2 aliphatic heterocycles. The second kappa shape index (κ2) is 6.48. The Balaban J connectivity index is 1.32. The first-order valence-electron chi connectivity index (χ1n) is 8.82. The molecule has 7 nitrogen and oxygen atoms in total. The number of carbonyl (C=O) groups excluding carboxylic acids is 1. The summed E-state index contributed by atoms with van der Waals surface area (Å²) >= 11 is 0. The number of likely N-dealkylation sites (tertiary alicyclic amines) is 2. The molecule has 1 N–H and O–H groups in total. The van der Waals surface area contributed by atoms with Crippen molar-refractivity contribution in [1.82, 2.24) is 30.1 Å². The van der Waals surface area contributed by atoms with Gasteiger partial charge in [0.1, 0.15) is 5.69 Å². The highest BCUT2D eigenvalue weighted by molar-refractivity contribution is 5.74. The fourth-order valence-corrected chi connectivity index (χ4v) is 3.96. The zero-order chi connectivity index (χ0) is 17.3. The van der Waals surface area contributed by atoms with Crippen LogP contribution in [-0.4, -0.2) is 64.1 Å². The van der Waals surface area contributed by atoms with Crippen molar-refractivity contribution in [2.45, 2.75) is 19.4 Å². The number of benzene rings is 1. The second-order valence-corrected chi connectivity index (χ2v) is 7.31. The van der Waals surface area contributed by atoms with Gasteiger partial charge in [-0.25, -0.2) is 9.48 Å². The number of nitrogens with one attached hydrogen (secondary N) is 1. The van der Waals surface area contributed by atoms with Crippen LogP contribution in [0.25, 0.3) is 5.69 Å². The molecule has 0 bridgehead atoms. The van der Waals surface area contributed by atoms with Gasteiger partial charge in [0, 0.05) is 25.0 Å². The molecule has 132 valence electrons. The predicted molar refractivity (Wildman–Crippen MR) is 94.3 cm³/mol. The molecule has 3 heterocycles. The van der Waals surface area contributed by atoms with Crippen LogP contribution in [0.5, 0.6) is 0 Å². The standard InChI is InChI=1S/C18H24N6O/c1-22-9-7-18(13-22)8-10-23(14-18)17(25)19-11-15-12-24(21-20-15)16-5-3-2-4-6-16/h2-6,12H,7-11,13-14H2,1H3,(H,19,25). The lowest BCUT2D eigenvalue weighted by atomic mass is 9.86. The lowest BCUT2D eigenvalue weighted by Gasteiger charge is -2.23. The highest BCUT2D eigenvalue weighted by Crippen LogP contribution is 2.38. The summed E-state index contributed by atoms with van der Waals surface area (Å²) in [5, 5.41) is 11.3. The molecule has 0 saturated carbocycles. The molecule has 7 heteroatoms. The third-order valence-electron chi connectivity index (χ3n) is 5.34. The van der Waals surface area contributed by atoms with Crippen LogP contribution in [0, 0.1) is 5.41 Å². The first-order chi connectivity index (χ1) is 12.1. The van der Waals surface area contributed by atoms with E-state index in [1.807, 2.05) is 41.4 Å². The van der Waals surface area contributed by atoms with Crippen molar-refractivity contribution in [3.8, 4) is 5.69 Å². The Hall–Kier alpha value is -2.41. The molecule has 1 spiro atoms. The highest BCUT2D eigenvalue weighted by Gasteiger charge is 2.43. The maximum absolute atomic E-state index is 12.5. The normalized spacial score (nSPS) is 23.5.